The maximum absolute atomic E-state index is 11.3. The van der Waals surface area contributed by atoms with Gasteiger partial charge >= 0.3 is 5.97 Å². The van der Waals surface area contributed by atoms with Crippen molar-refractivity contribution >= 4 is 5.97 Å². The zero-order chi connectivity index (χ0) is 23.8. The van der Waals surface area contributed by atoms with E-state index in [9.17, 15) is 9.90 Å². The Hall–Kier alpha value is -1.35. The lowest BCUT2D eigenvalue weighted by Crippen LogP contribution is -2.33. The number of carbonyl (C=O) groups is 1. The van der Waals surface area contributed by atoms with Crippen molar-refractivity contribution in [1.29, 1.82) is 0 Å². The molecule has 32 heavy (non-hydrogen) atoms. The monoisotopic (exact) mass is 444 g/mol. The van der Waals surface area contributed by atoms with Crippen LogP contribution in [0.5, 0.6) is 0 Å². The van der Waals surface area contributed by atoms with Gasteiger partial charge in [-0.15, -0.1) is 0 Å². The third-order valence-electron chi connectivity index (χ3n) is 7.75. The molecule has 0 bridgehead atoms. The maximum atomic E-state index is 11.3. The minimum Gasteiger partial charge on any atom is -0.462 e. The molecule has 3 saturated carbocycles. The molecule has 0 aliphatic heterocycles. The number of hydrogen-bond acceptors (Lipinski definition) is 3. The largest absolute Gasteiger partial charge is 0.462 e. The van der Waals surface area contributed by atoms with E-state index in [0.29, 0.717) is 11.3 Å². The van der Waals surface area contributed by atoms with E-state index < -0.39 is 5.60 Å². The van der Waals surface area contributed by atoms with Crippen molar-refractivity contribution in [2.45, 2.75) is 124 Å². The van der Waals surface area contributed by atoms with Gasteiger partial charge in [0, 0.05) is 13.3 Å². The molecule has 0 aromatic carbocycles. The quantitative estimate of drug-likeness (QED) is 0.337. The lowest BCUT2D eigenvalue weighted by atomic mass is 9.63. The molecule has 3 heteroatoms. The van der Waals surface area contributed by atoms with Crippen LogP contribution >= 0.6 is 0 Å². The van der Waals surface area contributed by atoms with Gasteiger partial charge < -0.3 is 9.84 Å². The van der Waals surface area contributed by atoms with Crippen molar-refractivity contribution in [2.24, 2.45) is 17.3 Å². The van der Waals surface area contributed by atoms with Crippen LogP contribution < -0.4 is 0 Å². The van der Waals surface area contributed by atoms with E-state index in [1.165, 1.54) is 44.6 Å². The SMILES string of the molecule is CC.CC(=O)OC1CCC/C(=C/C=C2\CCC[C@]3(C)C(C/C=C/CC(C)(C)O)CCC23)C1. The van der Waals surface area contributed by atoms with Gasteiger partial charge in [0.15, 0.2) is 0 Å². The highest BCUT2D eigenvalue weighted by atomic mass is 16.5. The summed E-state index contributed by atoms with van der Waals surface area (Å²) in [5.41, 5.74) is 2.89. The van der Waals surface area contributed by atoms with E-state index >= 15 is 0 Å². The molecule has 0 radical (unpaired) electrons. The van der Waals surface area contributed by atoms with Gasteiger partial charge in [0.05, 0.1) is 5.60 Å². The van der Waals surface area contributed by atoms with Gasteiger partial charge in [0.2, 0.25) is 0 Å². The number of hydrogen-bond donors (Lipinski definition) is 1. The topological polar surface area (TPSA) is 46.5 Å². The number of aliphatic hydroxyl groups is 1. The van der Waals surface area contributed by atoms with Crippen molar-refractivity contribution in [1.82, 2.24) is 0 Å². The van der Waals surface area contributed by atoms with Gasteiger partial charge in [-0.3, -0.25) is 4.79 Å². The molecule has 3 rings (SSSR count). The summed E-state index contributed by atoms with van der Waals surface area (Å²) in [6, 6.07) is 0. The average molecular weight is 445 g/mol. The summed E-state index contributed by atoms with van der Waals surface area (Å²) < 4.78 is 5.46. The molecule has 3 aliphatic rings. The molecule has 3 aliphatic carbocycles. The summed E-state index contributed by atoms with van der Waals surface area (Å²) in [5, 5.41) is 9.92. The van der Waals surface area contributed by atoms with Crippen LogP contribution in [0.25, 0.3) is 0 Å². The standard InChI is InChI=1S/C27H42O3.C2H6/c1-20(28)30-24-12-7-9-21(19-24)13-14-22-10-8-18-27(4)23(15-16-25(22)27)11-5-6-17-26(2,3)29;1-2/h5-6,13-14,23-25,29H,7-12,15-19H2,1-4H3;1-2H3/b6-5+,21-13-,22-14+;/t23?,24?,25?,27-;/m1./s1. The first-order valence-corrected chi connectivity index (χ1v) is 13.1. The zero-order valence-electron chi connectivity index (χ0n) is 21.6. The van der Waals surface area contributed by atoms with Crippen LogP contribution in [0, 0.1) is 17.3 Å². The molecular weight excluding hydrogens is 396 g/mol. The van der Waals surface area contributed by atoms with Crippen molar-refractivity contribution in [3.05, 3.63) is 35.5 Å². The van der Waals surface area contributed by atoms with Crippen LogP contribution in [-0.2, 0) is 9.53 Å². The molecular formula is C29H48O3. The van der Waals surface area contributed by atoms with Crippen LogP contribution in [0.3, 0.4) is 0 Å². The Kier molecular flexibility index (Phi) is 10.3. The number of fused-ring (bicyclic) bond motifs is 1. The highest BCUT2D eigenvalue weighted by Gasteiger charge is 2.48. The first-order chi connectivity index (χ1) is 15.2. The van der Waals surface area contributed by atoms with Crippen LogP contribution in [0.4, 0.5) is 0 Å². The molecule has 0 heterocycles. The highest BCUT2D eigenvalue weighted by molar-refractivity contribution is 5.66. The maximum Gasteiger partial charge on any atom is 0.302 e. The van der Waals surface area contributed by atoms with Crippen LogP contribution in [-0.4, -0.2) is 22.8 Å². The fourth-order valence-electron chi connectivity index (χ4n) is 6.13. The predicted molar refractivity (Wildman–Crippen MR) is 134 cm³/mol. The lowest BCUT2D eigenvalue weighted by Gasteiger charge is -2.42. The number of rotatable bonds is 6. The van der Waals surface area contributed by atoms with Gasteiger partial charge in [-0.05, 0) is 95.3 Å². The van der Waals surface area contributed by atoms with E-state index in [4.69, 9.17) is 4.74 Å². The van der Waals surface area contributed by atoms with E-state index in [1.807, 2.05) is 27.7 Å². The molecule has 0 aromatic rings. The molecule has 0 aromatic heterocycles. The first-order valence-electron chi connectivity index (χ1n) is 13.1. The Bertz CT molecular complexity index is 694. The smallest absolute Gasteiger partial charge is 0.302 e. The van der Waals surface area contributed by atoms with Crippen LogP contribution in [0.15, 0.2) is 35.5 Å². The van der Waals surface area contributed by atoms with Crippen molar-refractivity contribution in [3.8, 4) is 0 Å². The van der Waals surface area contributed by atoms with E-state index in [-0.39, 0.29) is 12.1 Å². The average Bonchev–Trinajstić information content (AvgIpc) is 3.07. The highest BCUT2D eigenvalue weighted by Crippen LogP contribution is 2.58. The summed E-state index contributed by atoms with van der Waals surface area (Å²) >= 11 is 0. The normalized spacial score (nSPS) is 33.2. The number of esters is 1. The van der Waals surface area contributed by atoms with Gasteiger partial charge in [0.25, 0.3) is 0 Å². The van der Waals surface area contributed by atoms with Crippen molar-refractivity contribution < 1.29 is 14.6 Å². The lowest BCUT2D eigenvalue weighted by molar-refractivity contribution is -0.147. The Labute approximate surface area is 197 Å². The Morgan fingerprint density at radius 1 is 1.12 bits per heavy atom. The molecule has 0 saturated heterocycles. The van der Waals surface area contributed by atoms with Crippen LogP contribution in [0.2, 0.25) is 0 Å². The molecule has 3 nitrogen and oxygen atoms in total. The Morgan fingerprint density at radius 2 is 1.88 bits per heavy atom. The third kappa shape index (κ3) is 7.61. The fraction of sp³-hybridized carbons (Fsp3) is 0.759. The number of carbonyl (C=O) groups excluding carboxylic acids is 1. The van der Waals surface area contributed by atoms with Gasteiger partial charge in [0.1, 0.15) is 6.10 Å². The Morgan fingerprint density at radius 3 is 2.56 bits per heavy atom. The second kappa shape index (κ2) is 12.2. The molecule has 0 amide bonds. The summed E-state index contributed by atoms with van der Waals surface area (Å²) in [7, 11) is 0. The second-order valence-electron chi connectivity index (χ2n) is 10.8. The minimum absolute atomic E-state index is 0.0732. The molecule has 4 atom stereocenters. The molecule has 0 spiro atoms. The predicted octanol–water partition coefficient (Wildman–Crippen LogP) is 7.69. The van der Waals surface area contributed by atoms with Crippen molar-refractivity contribution in [3.63, 3.8) is 0 Å². The Balaban J connectivity index is 0.00000176. The first kappa shape index (κ1) is 26.9. The van der Waals surface area contributed by atoms with Crippen LogP contribution in [0.1, 0.15) is 112 Å². The fourth-order valence-corrected chi connectivity index (χ4v) is 6.13. The number of ether oxygens (including phenoxy) is 1. The van der Waals surface area contributed by atoms with Crippen molar-refractivity contribution in [2.75, 3.05) is 0 Å². The molecule has 182 valence electrons. The summed E-state index contributed by atoms with van der Waals surface area (Å²) in [4.78, 5) is 11.3. The molecule has 3 unspecified atom stereocenters. The van der Waals surface area contributed by atoms with Gasteiger partial charge in [-0.2, -0.15) is 0 Å². The third-order valence-corrected chi connectivity index (χ3v) is 7.75. The zero-order valence-corrected chi connectivity index (χ0v) is 21.6. The van der Waals surface area contributed by atoms with E-state index in [2.05, 4.69) is 31.2 Å². The summed E-state index contributed by atoms with van der Waals surface area (Å²) in [6.07, 6.45) is 21.9. The second-order valence-corrected chi connectivity index (χ2v) is 10.8. The summed E-state index contributed by atoms with van der Waals surface area (Å²) in [6.45, 7) is 11.8. The van der Waals surface area contributed by atoms with Gasteiger partial charge in [-0.1, -0.05) is 56.2 Å². The minimum atomic E-state index is -0.611. The molecule has 1 N–H and O–H groups in total. The van der Waals surface area contributed by atoms with E-state index in [1.54, 1.807) is 5.57 Å². The van der Waals surface area contributed by atoms with E-state index in [0.717, 1.165) is 44.4 Å². The summed E-state index contributed by atoms with van der Waals surface area (Å²) in [5.74, 6) is 1.31. The van der Waals surface area contributed by atoms with Gasteiger partial charge in [-0.25, -0.2) is 0 Å². The molecule has 3 fully saturated rings. The number of allylic oxidation sites excluding steroid dienone is 4.